The van der Waals surface area contributed by atoms with Crippen LogP contribution in [0.5, 0.6) is 0 Å². The summed E-state index contributed by atoms with van der Waals surface area (Å²) in [4.78, 5) is 32.7. The number of hydrogen-bond donors (Lipinski definition) is 2. The third-order valence-electron chi connectivity index (χ3n) is 6.47. The van der Waals surface area contributed by atoms with E-state index in [-0.39, 0.29) is 22.9 Å². The van der Waals surface area contributed by atoms with Gasteiger partial charge in [0, 0.05) is 41.8 Å². The smallest absolute Gasteiger partial charge is 0.245 e. The number of carbonyl (C=O) groups is 2. The summed E-state index contributed by atoms with van der Waals surface area (Å²) in [5, 5.41) is 2.85. The number of thiophene rings is 1. The number of nitrogens with one attached hydrogen (secondary N) is 2. The summed E-state index contributed by atoms with van der Waals surface area (Å²) in [5.74, 6) is 0.896. The minimum atomic E-state index is -0.338. The van der Waals surface area contributed by atoms with Crippen molar-refractivity contribution in [2.24, 2.45) is 0 Å². The fraction of sp³-hybridized carbons (Fsp3) is 0.500. The summed E-state index contributed by atoms with van der Waals surface area (Å²) in [7, 11) is 0. The minimum absolute atomic E-state index is 0.0696. The van der Waals surface area contributed by atoms with Crippen molar-refractivity contribution in [1.29, 1.82) is 0 Å². The second-order valence-electron chi connectivity index (χ2n) is 9.33. The van der Waals surface area contributed by atoms with Crippen molar-refractivity contribution in [3.63, 3.8) is 0 Å². The molecular weight excluding hydrogens is 492 g/mol. The molecule has 6 nitrogen and oxygen atoms in total. The van der Waals surface area contributed by atoms with E-state index in [1.165, 1.54) is 16.2 Å². The quantitative estimate of drug-likeness (QED) is 0.291. The molecule has 194 valence electrons. The van der Waals surface area contributed by atoms with E-state index in [4.69, 9.17) is 9.57 Å². The largest absolute Gasteiger partial charge is 0.353 e. The summed E-state index contributed by atoms with van der Waals surface area (Å²) < 4.78 is 5.34. The summed E-state index contributed by atoms with van der Waals surface area (Å²) in [6, 6.07) is 12.6. The number of hydrogen-bond acceptors (Lipinski definition) is 6. The van der Waals surface area contributed by atoms with Crippen LogP contribution < -0.4 is 10.8 Å². The molecule has 36 heavy (non-hydrogen) atoms. The van der Waals surface area contributed by atoms with Gasteiger partial charge in [0.05, 0.1) is 4.75 Å². The maximum absolute atomic E-state index is 12.9. The molecule has 1 unspecified atom stereocenters. The Balaban J connectivity index is 1.41. The maximum atomic E-state index is 12.9. The van der Waals surface area contributed by atoms with Crippen molar-refractivity contribution in [3.8, 4) is 10.4 Å². The highest BCUT2D eigenvalue weighted by Gasteiger charge is 2.38. The molecule has 2 aliphatic rings. The third-order valence-corrected chi connectivity index (χ3v) is 9.55. The van der Waals surface area contributed by atoms with Gasteiger partial charge >= 0.3 is 0 Å². The van der Waals surface area contributed by atoms with Gasteiger partial charge in [-0.15, -0.1) is 23.1 Å². The van der Waals surface area contributed by atoms with E-state index < -0.39 is 0 Å². The molecule has 0 radical (unpaired) electrons. The van der Waals surface area contributed by atoms with E-state index in [2.05, 4.69) is 35.1 Å². The maximum Gasteiger partial charge on any atom is 0.245 e. The lowest BCUT2D eigenvalue weighted by molar-refractivity contribution is -0.200. The van der Waals surface area contributed by atoms with Crippen LogP contribution in [0.15, 0.2) is 42.5 Å². The third kappa shape index (κ3) is 7.44. The molecule has 2 saturated heterocycles. The lowest BCUT2D eigenvalue weighted by Crippen LogP contribution is -2.37. The van der Waals surface area contributed by atoms with E-state index in [9.17, 15) is 9.59 Å². The normalized spacial score (nSPS) is 22.4. The predicted octanol–water partition coefficient (Wildman–Crippen LogP) is 6.03. The van der Waals surface area contributed by atoms with Gasteiger partial charge in [-0.3, -0.25) is 9.59 Å². The molecule has 1 aromatic carbocycles. The first-order valence-corrected chi connectivity index (χ1v) is 14.7. The predicted molar refractivity (Wildman–Crippen MR) is 148 cm³/mol. The van der Waals surface area contributed by atoms with Crippen LogP contribution in [0.25, 0.3) is 16.5 Å². The van der Waals surface area contributed by atoms with E-state index in [1.807, 2.05) is 36.9 Å². The van der Waals surface area contributed by atoms with Crippen molar-refractivity contribution in [3.05, 3.63) is 52.9 Å². The molecule has 2 atom stereocenters. The van der Waals surface area contributed by atoms with Gasteiger partial charge in [-0.25, -0.2) is 10.3 Å². The monoisotopic (exact) mass is 528 g/mol. The average Bonchev–Trinajstić information content (AvgIpc) is 3.42. The molecule has 2 aliphatic heterocycles. The summed E-state index contributed by atoms with van der Waals surface area (Å²) in [6.45, 7) is 3.40. The van der Waals surface area contributed by atoms with Gasteiger partial charge in [-0.05, 0) is 67.2 Å². The van der Waals surface area contributed by atoms with Crippen LogP contribution in [-0.4, -0.2) is 37.0 Å². The van der Waals surface area contributed by atoms with E-state index >= 15 is 0 Å². The lowest BCUT2D eigenvalue weighted by Gasteiger charge is -2.35. The molecule has 8 heteroatoms. The Morgan fingerprint density at radius 2 is 2.00 bits per heavy atom. The zero-order chi connectivity index (χ0) is 25.2. The van der Waals surface area contributed by atoms with Crippen molar-refractivity contribution < 1.29 is 19.2 Å². The SMILES string of the molecule is CCCNC(=O)C=Cc1ccc(-c2ccc([C@@]3(CC(=O)NOC4CCCCO4)CCCCS3)s2)cc1. The molecular formula is C28H36N2O4S2. The fourth-order valence-electron chi connectivity index (χ4n) is 4.48. The summed E-state index contributed by atoms with van der Waals surface area (Å²) in [6.07, 6.45) is 10.6. The molecule has 2 N–H and O–H groups in total. The topological polar surface area (TPSA) is 76.7 Å². The molecule has 2 amide bonds. The molecule has 0 bridgehead atoms. The van der Waals surface area contributed by atoms with Crippen molar-refractivity contribution in [2.75, 3.05) is 18.9 Å². The van der Waals surface area contributed by atoms with E-state index in [0.717, 1.165) is 55.4 Å². The second-order valence-corrected chi connectivity index (χ2v) is 11.9. The number of thioether (sulfide) groups is 1. The molecule has 3 heterocycles. The Morgan fingerprint density at radius 1 is 1.14 bits per heavy atom. The van der Waals surface area contributed by atoms with Crippen LogP contribution in [0.2, 0.25) is 0 Å². The van der Waals surface area contributed by atoms with Gasteiger partial charge in [-0.1, -0.05) is 37.6 Å². The van der Waals surface area contributed by atoms with Gasteiger partial charge in [0.15, 0.2) is 6.29 Å². The molecule has 0 spiro atoms. The van der Waals surface area contributed by atoms with Crippen LogP contribution in [0, 0.1) is 0 Å². The minimum Gasteiger partial charge on any atom is -0.353 e. The zero-order valence-electron chi connectivity index (χ0n) is 20.9. The molecule has 4 rings (SSSR count). The number of hydroxylamine groups is 1. The van der Waals surface area contributed by atoms with Crippen molar-refractivity contribution in [1.82, 2.24) is 10.8 Å². The number of ether oxygens (including phenoxy) is 1. The Kier molecular flexibility index (Phi) is 10.0. The fourth-order valence-corrected chi connectivity index (χ4v) is 7.38. The highest BCUT2D eigenvalue weighted by molar-refractivity contribution is 8.00. The van der Waals surface area contributed by atoms with Gasteiger partial charge in [-0.2, -0.15) is 0 Å². The summed E-state index contributed by atoms with van der Waals surface area (Å²) >= 11 is 3.66. The highest BCUT2D eigenvalue weighted by Crippen LogP contribution is 2.50. The summed E-state index contributed by atoms with van der Waals surface area (Å²) in [5.41, 5.74) is 4.78. The second kappa shape index (κ2) is 13.4. The van der Waals surface area contributed by atoms with Gasteiger partial charge in [0.25, 0.3) is 0 Å². The molecule has 0 saturated carbocycles. The number of amides is 2. The standard InChI is InChI=1S/C28H36N2O4S2/c1-2-17-29-25(31)15-10-21-8-11-22(12-9-21)23-13-14-24(36-23)28(16-4-6-19-35-28)20-26(32)30-34-27-7-3-5-18-33-27/h8-15,27H,2-7,16-20H2,1H3,(H,29,31)(H,30,32)/t27?,28-/m0/s1. The molecule has 0 aliphatic carbocycles. The van der Waals surface area contributed by atoms with Crippen LogP contribution >= 0.6 is 23.1 Å². The van der Waals surface area contributed by atoms with E-state index in [0.29, 0.717) is 19.6 Å². The average molecular weight is 529 g/mol. The van der Waals surface area contributed by atoms with Crippen molar-refractivity contribution in [2.45, 2.75) is 69.3 Å². The van der Waals surface area contributed by atoms with Gasteiger partial charge < -0.3 is 10.1 Å². The Labute approximate surface area is 222 Å². The molecule has 2 fully saturated rings. The highest BCUT2D eigenvalue weighted by atomic mass is 32.2. The van der Waals surface area contributed by atoms with Crippen LogP contribution in [-0.2, 0) is 23.9 Å². The van der Waals surface area contributed by atoms with Crippen LogP contribution in [0.3, 0.4) is 0 Å². The van der Waals surface area contributed by atoms with E-state index in [1.54, 1.807) is 17.4 Å². The van der Waals surface area contributed by atoms with Crippen LogP contribution in [0.4, 0.5) is 0 Å². The first-order chi connectivity index (χ1) is 17.6. The molecule has 2 aromatic rings. The van der Waals surface area contributed by atoms with Gasteiger partial charge in [0.1, 0.15) is 0 Å². The number of carbonyl (C=O) groups excluding carboxylic acids is 2. The number of benzene rings is 1. The van der Waals surface area contributed by atoms with Crippen molar-refractivity contribution >= 4 is 41.0 Å². The Hall–Kier alpha value is -2.13. The van der Waals surface area contributed by atoms with Crippen LogP contribution in [0.1, 0.15) is 68.7 Å². The zero-order valence-corrected chi connectivity index (χ0v) is 22.6. The Morgan fingerprint density at radius 3 is 2.72 bits per heavy atom. The molecule has 1 aromatic heterocycles. The first-order valence-electron chi connectivity index (χ1n) is 12.9. The first kappa shape index (κ1) is 26.9. The lowest BCUT2D eigenvalue weighted by atomic mass is 9.94. The Bertz CT molecular complexity index is 1020. The van der Waals surface area contributed by atoms with Gasteiger partial charge in [0.2, 0.25) is 11.8 Å². The number of rotatable bonds is 10.